The fourth-order valence-electron chi connectivity index (χ4n) is 3.15. The van der Waals surface area contributed by atoms with E-state index in [-0.39, 0.29) is 0 Å². The number of fused-ring (bicyclic) bond motifs is 1. The van der Waals surface area contributed by atoms with Crippen LogP contribution < -0.4 is 0 Å². The SMILES string of the molecule is O=[S@](CCN1CCc2c(ncn2C2CC2)C1)c1ccccc1. The minimum atomic E-state index is -0.902. The minimum Gasteiger partial charge on any atom is -0.331 e. The van der Waals surface area contributed by atoms with Crippen molar-refractivity contribution in [1.82, 2.24) is 14.5 Å². The maximum absolute atomic E-state index is 12.3. The van der Waals surface area contributed by atoms with Crippen LogP contribution in [0.1, 0.15) is 30.3 Å². The van der Waals surface area contributed by atoms with Gasteiger partial charge in [0.25, 0.3) is 0 Å². The molecule has 5 heteroatoms. The minimum absolute atomic E-state index is 0.697. The molecular weight excluding hydrogens is 294 g/mol. The van der Waals surface area contributed by atoms with Gasteiger partial charge in [-0.15, -0.1) is 0 Å². The average Bonchev–Trinajstić information content (AvgIpc) is 3.33. The molecule has 2 aliphatic rings. The van der Waals surface area contributed by atoms with Crippen molar-refractivity contribution in [3.63, 3.8) is 0 Å². The number of imidazole rings is 1. The number of hydrogen-bond acceptors (Lipinski definition) is 3. The maximum atomic E-state index is 12.3. The zero-order chi connectivity index (χ0) is 14.9. The Morgan fingerprint density at radius 2 is 2.05 bits per heavy atom. The topological polar surface area (TPSA) is 38.1 Å². The molecule has 116 valence electrons. The van der Waals surface area contributed by atoms with E-state index in [1.165, 1.54) is 24.2 Å². The average molecular weight is 315 g/mol. The van der Waals surface area contributed by atoms with E-state index >= 15 is 0 Å². The Morgan fingerprint density at radius 3 is 2.82 bits per heavy atom. The van der Waals surface area contributed by atoms with Gasteiger partial charge in [0.1, 0.15) is 0 Å². The quantitative estimate of drug-likeness (QED) is 0.850. The van der Waals surface area contributed by atoms with E-state index in [2.05, 4.69) is 14.5 Å². The van der Waals surface area contributed by atoms with Crippen LogP contribution in [0.3, 0.4) is 0 Å². The molecule has 0 radical (unpaired) electrons. The van der Waals surface area contributed by atoms with Crippen LogP contribution in [-0.2, 0) is 23.8 Å². The van der Waals surface area contributed by atoms with Gasteiger partial charge >= 0.3 is 0 Å². The summed E-state index contributed by atoms with van der Waals surface area (Å²) in [7, 11) is -0.902. The van der Waals surface area contributed by atoms with Crippen molar-refractivity contribution in [2.75, 3.05) is 18.8 Å². The second-order valence-electron chi connectivity index (χ2n) is 6.17. The highest BCUT2D eigenvalue weighted by Gasteiger charge is 2.29. The Kier molecular flexibility index (Phi) is 3.84. The third-order valence-electron chi connectivity index (χ3n) is 4.56. The molecule has 2 heterocycles. The number of nitrogens with zero attached hydrogens (tertiary/aromatic N) is 3. The van der Waals surface area contributed by atoms with Crippen LogP contribution >= 0.6 is 0 Å². The zero-order valence-corrected chi connectivity index (χ0v) is 13.5. The van der Waals surface area contributed by atoms with Crippen molar-refractivity contribution in [3.8, 4) is 0 Å². The molecule has 1 saturated carbocycles. The molecule has 1 fully saturated rings. The van der Waals surface area contributed by atoms with Crippen molar-refractivity contribution in [1.29, 1.82) is 0 Å². The predicted molar refractivity (Wildman–Crippen MR) is 87.2 cm³/mol. The normalized spacial score (nSPS) is 19.8. The number of hydrogen-bond donors (Lipinski definition) is 0. The van der Waals surface area contributed by atoms with Crippen molar-refractivity contribution >= 4 is 10.8 Å². The van der Waals surface area contributed by atoms with Gasteiger partial charge in [-0.25, -0.2) is 4.98 Å². The summed E-state index contributed by atoms with van der Waals surface area (Å²) >= 11 is 0. The summed E-state index contributed by atoms with van der Waals surface area (Å²) in [5.74, 6) is 0.697. The summed E-state index contributed by atoms with van der Waals surface area (Å²) in [6.07, 6.45) is 5.71. The van der Waals surface area contributed by atoms with Gasteiger partial charge in [-0.05, 0) is 25.0 Å². The van der Waals surface area contributed by atoms with E-state index < -0.39 is 10.8 Å². The smallest absolute Gasteiger partial charge is 0.0954 e. The maximum Gasteiger partial charge on any atom is 0.0954 e. The Morgan fingerprint density at radius 1 is 1.23 bits per heavy atom. The summed E-state index contributed by atoms with van der Waals surface area (Å²) in [4.78, 5) is 7.91. The summed E-state index contributed by atoms with van der Waals surface area (Å²) < 4.78 is 14.7. The third-order valence-corrected chi connectivity index (χ3v) is 5.91. The Hall–Kier alpha value is -1.46. The fraction of sp³-hybridized carbons (Fsp3) is 0.471. The Balaban J connectivity index is 1.36. The first-order valence-electron chi connectivity index (χ1n) is 8.01. The summed E-state index contributed by atoms with van der Waals surface area (Å²) in [6, 6.07) is 10.5. The standard InChI is InChI=1S/C17H21N3OS/c21-22(15-4-2-1-3-5-15)11-10-19-9-8-17-16(12-19)18-13-20(17)14-6-7-14/h1-5,13-14H,6-12H2/t22-/m1/s1. The summed E-state index contributed by atoms with van der Waals surface area (Å²) in [5.41, 5.74) is 2.66. The van der Waals surface area contributed by atoms with Crippen LogP contribution in [0.4, 0.5) is 0 Å². The van der Waals surface area contributed by atoms with Gasteiger partial charge in [-0.2, -0.15) is 0 Å². The monoisotopic (exact) mass is 315 g/mol. The molecule has 0 N–H and O–H groups in total. The van der Waals surface area contributed by atoms with Gasteiger partial charge in [-0.1, -0.05) is 18.2 Å². The molecule has 1 aliphatic carbocycles. The van der Waals surface area contributed by atoms with Gasteiger partial charge in [0.15, 0.2) is 0 Å². The van der Waals surface area contributed by atoms with E-state index in [0.717, 1.165) is 31.0 Å². The predicted octanol–water partition coefficient (Wildman–Crippen LogP) is 2.38. The molecule has 0 saturated heterocycles. The van der Waals surface area contributed by atoms with E-state index in [9.17, 15) is 4.21 Å². The first-order valence-corrected chi connectivity index (χ1v) is 9.33. The van der Waals surface area contributed by atoms with Crippen molar-refractivity contribution in [3.05, 3.63) is 48.0 Å². The van der Waals surface area contributed by atoms with Gasteiger partial charge in [0.2, 0.25) is 0 Å². The molecule has 1 aromatic carbocycles. The van der Waals surface area contributed by atoms with Crippen LogP contribution in [0.2, 0.25) is 0 Å². The van der Waals surface area contributed by atoms with Crippen LogP contribution in [0.25, 0.3) is 0 Å². The highest BCUT2D eigenvalue weighted by Crippen LogP contribution is 2.37. The van der Waals surface area contributed by atoms with Gasteiger partial charge in [0, 0.05) is 48.4 Å². The lowest BCUT2D eigenvalue weighted by Gasteiger charge is -2.26. The molecule has 0 unspecified atom stereocenters. The van der Waals surface area contributed by atoms with Gasteiger partial charge in [0.05, 0.1) is 22.8 Å². The number of rotatable bonds is 5. The fourth-order valence-corrected chi connectivity index (χ4v) is 4.27. The largest absolute Gasteiger partial charge is 0.331 e. The van der Waals surface area contributed by atoms with Crippen molar-refractivity contribution in [2.45, 2.75) is 36.7 Å². The molecule has 0 spiro atoms. The molecule has 1 aromatic heterocycles. The number of benzene rings is 1. The van der Waals surface area contributed by atoms with E-state index in [1.54, 1.807) is 0 Å². The molecule has 2 aromatic rings. The zero-order valence-electron chi connectivity index (χ0n) is 12.6. The molecule has 0 amide bonds. The molecule has 4 rings (SSSR count). The summed E-state index contributed by atoms with van der Waals surface area (Å²) in [6.45, 7) is 2.83. The second-order valence-corrected chi connectivity index (χ2v) is 7.74. The van der Waals surface area contributed by atoms with Crippen LogP contribution in [0.15, 0.2) is 41.6 Å². The first-order chi connectivity index (χ1) is 10.8. The highest BCUT2D eigenvalue weighted by molar-refractivity contribution is 7.85. The van der Waals surface area contributed by atoms with E-state index in [1.807, 2.05) is 36.7 Å². The molecule has 1 aliphatic heterocycles. The van der Waals surface area contributed by atoms with E-state index in [0.29, 0.717) is 11.8 Å². The lowest BCUT2D eigenvalue weighted by molar-refractivity contribution is 0.263. The van der Waals surface area contributed by atoms with Gasteiger partial charge in [-0.3, -0.25) is 9.11 Å². The third kappa shape index (κ3) is 2.88. The van der Waals surface area contributed by atoms with Crippen LogP contribution in [0, 0.1) is 0 Å². The lowest BCUT2D eigenvalue weighted by atomic mass is 10.1. The molecular formula is C17H21N3OS. The van der Waals surface area contributed by atoms with Crippen molar-refractivity contribution in [2.24, 2.45) is 0 Å². The van der Waals surface area contributed by atoms with E-state index in [4.69, 9.17) is 0 Å². The number of aromatic nitrogens is 2. The Labute approximate surface area is 133 Å². The Bertz CT molecular complexity index is 678. The lowest BCUT2D eigenvalue weighted by Crippen LogP contribution is -2.34. The highest BCUT2D eigenvalue weighted by atomic mass is 32.2. The molecule has 4 nitrogen and oxygen atoms in total. The molecule has 0 bridgehead atoms. The van der Waals surface area contributed by atoms with Gasteiger partial charge < -0.3 is 4.57 Å². The molecule has 1 atom stereocenters. The first kappa shape index (κ1) is 14.2. The van der Waals surface area contributed by atoms with Crippen LogP contribution in [0.5, 0.6) is 0 Å². The summed E-state index contributed by atoms with van der Waals surface area (Å²) in [5, 5.41) is 0. The molecule has 22 heavy (non-hydrogen) atoms. The van der Waals surface area contributed by atoms with Crippen molar-refractivity contribution < 1.29 is 4.21 Å². The van der Waals surface area contributed by atoms with Crippen LogP contribution in [-0.4, -0.2) is 37.5 Å². The second kappa shape index (κ2) is 5.97.